The molecule has 0 radical (unpaired) electrons. The van der Waals surface area contributed by atoms with Gasteiger partial charge in [-0.25, -0.2) is 8.42 Å². The van der Waals surface area contributed by atoms with Crippen molar-refractivity contribution in [1.82, 2.24) is 0 Å². The molecule has 0 atom stereocenters. The largest absolute Gasteiger partial charge is 0.506 e. The van der Waals surface area contributed by atoms with Crippen LogP contribution in [0.1, 0.15) is 5.56 Å². The molecule has 2 aromatic carbocycles. The number of rotatable bonds is 2. The molecule has 0 bridgehead atoms. The molecule has 3 N–H and O–H groups in total. The first-order valence-electron chi connectivity index (χ1n) is 5.63. The van der Waals surface area contributed by atoms with Gasteiger partial charge in [0.1, 0.15) is 5.75 Å². The summed E-state index contributed by atoms with van der Waals surface area (Å²) in [6.07, 6.45) is -4.64. The molecular formula is C13H10F3NO3S. The number of anilines is 1. The summed E-state index contributed by atoms with van der Waals surface area (Å²) < 4.78 is 62.4. The molecule has 0 aromatic heterocycles. The summed E-state index contributed by atoms with van der Waals surface area (Å²) in [4.78, 5) is -0.852. The molecule has 0 spiro atoms. The molecule has 0 heterocycles. The second-order valence-electron chi connectivity index (χ2n) is 4.25. The smallest absolute Gasteiger partial charge is 0.416 e. The second kappa shape index (κ2) is 4.96. The maximum atomic E-state index is 12.6. The van der Waals surface area contributed by atoms with Crippen molar-refractivity contribution in [2.75, 3.05) is 5.73 Å². The van der Waals surface area contributed by atoms with Crippen LogP contribution in [0.25, 0.3) is 0 Å². The Morgan fingerprint density at radius 2 is 1.62 bits per heavy atom. The van der Waals surface area contributed by atoms with Crippen LogP contribution in [0.2, 0.25) is 0 Å². The zero-order valence-corrected chi connectivity index (χ0v) is 11.2. The molecule has 0 amide bonds. The minimum absolute atomic E-state index is 0.0296. The van der Waals surface area contributed by atoms with Crippen molar-refractivity contribution in [1.29, 1.82) is 0 Å². The maximum Gasteiger partial charge on any atom is 0.416 e. The van der Waals surface area contributed by atoms with Crippen molar-refractivity contribution in [3.8, 4) is 5.75 Å². The molecule has 0 saturated carbocycles. The highest BCUT2D eigenvalue weighted by Gasteiger charge is 2.32. The lowest BCUT2D eigenvalue weighted by Gasteiger charge is -2.10. The molecule has 0 aliphatic heterocycles. The minimum atomic E-state index is -4.64. The molecular weight excluding hydrogens is 307 g/mol. The van der Waals surface area contributed by atoms with E-state index in [2.05, 4.69) is 0 Å². The molecule has 0 aliphatic rings. The number of phenolic OH excluding ortho intramolecular Hbond substituents is 1. The van der Waals surface area contributed by atoms with Gasteiger partial charge < -0.3 is 10.8 Å². The molecule has 21 heavy (non-hydrogen) atoms. The van der Waals surface area contributed by atoms with E-state index >= 15 is 0 Å². The topological polar surface area (TPSA) is 80.4 Å². The van der Waals surface area contributed by atoms with Crippen LogP contribution < -0.4 is 5.73 Å². The van der Waals surface area contributed by atoms with Crippen molar-refractivity contribution in [2.45, 2.75) is 16.0 Å². The standard InChI is InChI=1S/C13H10F3NO3S/c14-13(15,16)8-2-1-3-9(6-8)21(19,20)10-4-5-11(17)12(18)7-10/h1-7,18H,17H2. The highest BCUT2D eigenvalue weighted by molar-refractivity contribution is 7.91. The molecule has 0 unspecified atom stereocenters. The summed E-state index contributed by atoms with van der Waals surface area (Å²) in [7, 11) is -4.18. The first kappa shape index (κ1) is 15.2. The summed E-state index contributed by atoms with van der Waals surface area (Å²) in [5, 5.41) is 9.42. The Morgan fingerprint density at radius 1 is 1.00 bits per heavy atom. The number of alkyl halides is 3. The van der Waals surface area contributed by atoms with E-state index in [-0.39, 0.29) is 10.6 Å². The van der Waals surface area contributed by atoms with Gasteiger partial charge in [-0.1, -0.05) is 6.07 Å². The number of halogens is 3. The predicted molar refractivity (Wildman–Crippen MR) is 69.4 cm³/mol. The third-order valence-electron chi connectivity index (χ3n) is 2.78. The van der Waals surface area contributed by atoms with Gasteiger partial charge in [0.2, 0.25) is 9.84 Å². The number of hydrogen-bond donors (Lipinski definition) is 2. The molecule has 2 aromatic rings. The third kappa shape index (κ3) is 2.94. The van der Waals surface area contributed by atoms with Crippen molar-refractivity contribution in [2.24, 2.45) is 0 Å². The summed E-state index contributed by atoms with van der Waals surface area (Å²) in [5.74, 6) is -0.456. The number of sulfone groups is 1. The average Bonchev–Trinajstić information content (AvgIpc) is 2.41. The highest BCUT2D eigenvalue weighted by Crippen LogP contribution is 2.33. The Labute approximate surface area is 118 Å². The first-order valence-corrected chi connectivity index (χ1v) is 7.11. The van der Waals surface area contributed by atoms with Gasteiger partial charge in [0.05, 0.1) is 21.0 Å². The number of benzene rings is 2. The third-order valence-corrected chi connectivity index (χ3v) is 4.53. The normalized spacial score (nSPS) is 12.3. The van der Waals surface area contributed by atoms with E-state index < -0.39 is 32.2 Å². The van der Waals surface area contributed by atoms with Gasteiger partial charge in [-0.05, 0) is 30.3 Å². The highest BCUT2D eigenvalue weighted by atomic mass is 32.2. The molecule has 0 fully saturated rings. The minimum Gasteiger partial charge on any atom is -0.506 e. The van der Waals surface area contributed by atoms with Crippen molar-refractivity contribution in [3.63, 3.8) is 0 Å². The Bertz CT molecular complexity index is 785. The molecule has 0 saturated heterocycles. The van der Waals surface area contributed by atoms with E-state index in [9.17, 15) is 26.7 Å². The monoisotopic (exact) mass is 317 g/mol. The number of aromatic hydroxyl groups is 1. The van der Waals surface area contributed by atoms with Crippen LogP contribution in [0.5, 0.6) is 5.75 Å². The molecule has 8 heteroatoms. The van der Waals surface area contributed by atoms with Gasteiger partial charge in [-0.15, -0.1) is 0 Å². The van der Waals surface area contributed by atoms with Gasteiger partial charge >= 0.3 is 6.18 Å². The molecule has 0 aliphatic carbocycles. The Morgan fingerprint density at radius 3 is 2.19 bits per heavy atom. The lowest BCUT2D eigenvalue weighted by atomic mass is 10.2. The fraction of sp³-hybridized carbons (Fsp3) is 0.0769. The first-order chi connectivity index (χ1) is 9.62. The lowest BCUT2D eigenvalue weighted by molar-refractivity contribution is -0.137. The Hall–Kier alpha value is -2.22. The van der Waals surface area contributed by atoms with E-state index in [1.54, 1.807) is 0 Å². The van der Waals surface area contributed by atoms with Crippen LogP contribution >= 0.6 is 0 Å². The van der Waals surface area contributed by atoms with Crippen LogP contribution in [-0.4, -0.2) is 13.5 Å². The average molecular weight is 317 g/mol. The Kier molecular flexibility index (Phi) is 3.58. The quantitative estimate of drug-likeness (QED) is 0.659. The van der Waals surface area contributed by atoms with Crippen LogP contribution in [0.15, 0.2) is 52.3 Å². The van der Waals surface area contributed by atoms with E-state index in [1.165, 1.54) is 0 Å². The van der Waals surface area contributed by atoms with Gasteiger partial charge in [-0.3, -0.25) is 0 Å². The second-order valence-corrected chi connectivity index (χ2v) is 6.20. The van der Waals surface area contributed by atoms with E-state index in [0.717, 1.165) is 36.4 Å². The zero-order valence-electron chi connectivity index (χ0n) is 10.4. The number of phenols is 1. The van der Waals surface area contributed by atoms with E-state index in [1.807, 2.05) is 0 Å². The van der Waals surface area contributed by atoms with Crippen LogP contribution in [0.3, 0.4) is 0 Å². The summed E-state index contributed by atoms with van der Waals surface area (Å²) in [6, 6.07) is 6.55. The lowest BCUT2D eigenvalue weighted by Crippen LogP contribution is -2.08. The molecule has 112 valence electrons. The summed E-state index contributed by atoms with van der Waals surface area (Å²) >= 11 is 0. The van der Waals surface area contributed by atoms with Crippen molar-refractivity contribution >= 4 is 15.5 Å². The van der Waals surface area contributed by atoms with Crippen LogP contribution in [0.4, 0.5) is 18.9 Å². The Balaban J connectivity index is 2.56. The number of hydrogen-bond acceptors (Lipinski definition) is 4. The number of nitrogen functional groups attached to an aromatic ring is 1. The zero-order chi connectivity index (χ0) is 15.8. The van der Waals surface area contributed by atoms with Gasteiger partial charge in [0, 0.05) is 6.07 Å². The van der Waals surface area contributed by atoms with E-state index in [4.69, 9.17) is 5.73 Å². The van der Waals surface area contributed by atoms with Gasteiger partial charge in [-0.2, -0.15) is 13.2 Å². The van der Waals surface area contributed by atoms with Crippen molar-refractivity contribution in [3.05, 3.63) is 48.0 Å². The van der Waals surface area contributed by atoms with Crippen molar-refractivity contribution < 1.29 is 26.7 Å². The van der Waals surface area contributed by atoms with Crippen LogP contribution in [0, 0.1) is 0 Å². The predicted octanol–water partition coefficient (Wildman–Crippen LogP) is 2.83. The number of nitrogens with two attached hydrogens (primary N) is 1. The van der Waals surface area contributed by atoms with Crippen LogP contribution in [-0.2, 0) is 16.0 Å². The maximum absolute atomic E-state index is 12.6. The molecule has 4 nitrogen and oxygen atoms in total. The fourth-order valence-corrected chi connectivity index (χ4v) is 2.99. The summed E-state index contributed by atoms with van der Waals surface area (Å²) in [5.41, 5.74) is 4.26. The SMILES string of the molecule is Nc1ccc(S(=O)(=O)c2cccc(C(F)(F)F)c2)cc1O. The van der Waals surface area contributed by atoms with Gasteiger partial charge in [0.15, 0.2) is 0 Å². The summed E-state index contributed by atoms with van der Waals surface area (Å²) in [6.45, 7) is 0. The molecule has 2 rings (SSSR count). The van der Waals surface area contributed by atoms with E-state index in [0.29, 0.717) is 6.07 Å². The van der Waals surface area contributed by atoms with Gasteiger partial charge in [0.25, 0.3) is 0 Å². The fourth-order valence-electron chi connectivity index (χ4n) is 1.67.